The number of benzene rings is 1. The quantitative estimate of drug-likeness (QED) is 0.270. The molecule has 1 aromatic carbocycles. The van der Waals surface area contributed by atoms with Crippen molar-refractivity contribution in [2.45, 2.75) is 58.4 Å². The van der Waals surface area contributed by atoms with Crippen molar-refractivity contribution >= 4 is 38.3 Å². The first-order valence-corrected chi connectivity index (χ1v) is 16.6. The monoisotopic (exact) mass is 442 g/mol. The molecular weight excluding hydrogens is 412 g/mol. The van der Waals surface area contributed by atoms with Crippen molar-refractivity contribution in [1.82, 2.24) is 0 Å². The second-order valence-electron chi connectivity index (χ2n) is 8.52. The Bertz CT molecular complexity index is 617. The molecule has 2 unspecified atom stereocenters. The second-order valence-corrected chi connectivity index (χ2v) is 18.3. The van der Waals surface area contributed by atoms with E-state index in [2.05, 4.69) is 85.6 Å². The van der Waals surface area contributed by atoms with Crippen molar-refractivity contribution in [3.63, 3.8) is 0 Å². The van der Waals surface area contributed by atoms with Crippen molar-refractivity contribution in [3.8, 4) is 0 Å². The summed E-state index contributed by atoms with van der Waals surface area (Å²) >= 11 is 3.50. The first-order valence-electron chi connectivity index (χ1n) is 8.95. The highest BCUT2D eigenvalue weighted by atomic mass is 79.9. The summed E-state index contributed by atoms with van der Waals surface area (Å²) in [7, 11) is -3.41. The van der Waals surface area contributed by atoms with Crippen molar-refractivity contribution in [2.75, 3.05) is 6.61 Å². The van der Waals surface area contributed by atoms with Crippen LogP contribution in [-0.4, -0.2) is 29.0 Å². The molecule has 1 aliphatic carbocycles. The molecule has 0 radical (unpaired) electrons. The highest BCUT2D eigenvalue weighted by Gasteiger charge is 2.58. The normalized spacial score (nSPS) is 24.3. The van der Waals surface area contributed by atoms with E-state index in [9.17, 15) is 0 Å². The predicted molar refractivity (Wildman–Crippen MR) is 113 cm³/mol. The molecule has 0 aromatic heterocycles. The third-order valence-corrected chi connectivity index (χ3v) is 5.99. The van der Waals surface area contributed by atoms with Crippen LogP contribution in [0.15, 0.2) is 34.8 Å². The van der Waals surface area contributed by atoms with Gasteiger partial charge in [-0.3, -0.25) is 0 Å². The molecule has 1 aromatic rings. The Labute approximate surface area is 163 Å². The Balaban J connectivity index is 2.29. The molecule has 6 heteroatoms. The fourth-order valence-electron chi connectivity index (χ4n) is 2.82. The van der Waals surface area contributed by atoms with E-state index >= 15 is 0 Å². The maximum Gasteiger partial charge on any atom is 0.242 e. The van der Waals surface area contributed by atoms with Crippen molar-refractivity contribution < 1.29 is 13.6 Å². The minimum atomic E-state index is -1.72. The zero-order valence-electron chi connectivity index (χ0n) is 16.5. The molecule has 2 atom stereocenters. The number of hydrogen-bond donors (Lipinski definition) is 0. The van der Waals surface area contributed by atoms with Gasteiger partial charge in [-0.05, 0) is 64.4 Å². The van der Waals surface area contributed by atoms with Gasteiger partial charge >= 0.3 is 0 Å². The van der Waals surface area contributed by atoms with Gasteiger partial charge in [-0.2, -0.15) is 0 Å². The summed E-state index contributed by atoms with van der Waals surface area (Å²) in [5.74, 6) is 0.745. The lowest BCUT2D eigenvalue weighted by Crippen LogP contribution is -2.36. The highest BCUT2D eigenvalue weighted by Crippen LogP contribution is 2.51. The molecule has 25 heavy (non-hydrogen) atoms. The molecule has 0 spiro atoms. The molecule has 0 aliphatic heterocycles. The van der Waals surface area contributed by atoms with E-state index in [0.717, 1.165) is 22.2 Å². The minimum absolute atomic E-state index is 0.245. The summed E-state index contributed by atoms with van der Waals surface area (Å²) in [6.45, 7) is 16.0. The van der Waals surface area contributed by atoms with Gasteiger partial charge in [-0.1, -0.05) is 28.1 Å². The molecule has 0 heterocycles. The summed E-state index contributed by atoms with van der Waals surface area (Å²) in [5.41, 5.74) is 1.11. The summed E-state index contributed by atoms with van der Waals surface area (Å²) in [4.78, 5) is 0. The van der Waals surface area contributed by atoms with Gasteiger partial charge in [-0.15, -0.1) is 0 Å². The molecule has 1 aliphatic rings. The zero-order valence-corrected chi connectivity index (χ0v) is 20.1. The maximum atomic E-state index is 6.40. The van der Waals surface area contributed by atoms with Crippen LogP contribution in [0.3, 0.4) is 0 Å². The van der Waals surface area contributed by atoms with Gasteiger partial charge in [0.1, 0.15) is 5.76 Å². The van der Waals surface area contributed by atoms with E-state index in [-0.39, 0.29) is 5.92 Å². The molecule has 0 N–H and O–H groups in total. The van der Waals surface area contributed by atoms with Gasteiger partial charge in [0.25, 0.3) is 0 Å². The van der Waals surface area contributed by atoms with Crippen LogP contribution in [0.25, 0.3) is 5.76 Å². The standard InChI is InChI=1S/C19H31BrO3Si2/c1-8-21-19(23-25(5,6)7)14-16(19)13-18(22-24(2,3)4)15-9-11-17(20)12-10-15/h9-13,16H,8,14H2,1-7H3/b18-13-. The van der Waals surface area contributed by atoms with E-state index in [1.165, 1.54) is 0 Å². The summed E-state index contributed by atoms with van der Waals surface area (Å²) < 4.78 is 19.9. The van der Waals surface area contributed by atoms with Crippen LogP contribution in [0.2, 0.25) is 39.3 Å². The summed E-state index contributed by atoms with van der Waals surface area (Å²) in [6.07, 6.45) is 3.12. The number of rotatable bonds is 8. The van der Waals surface area contributed by atoms with Crippen LogP contribution < -0.4 is 0 Å². The van der Waals surface area contributed by atoms with E-state index in [0.29, 0.717) is 6.61 Å². The fourth-order valence-corrected chi connectivity index (χ4v) is 5.26. The first kappa shape index (κ1) is 20.9. The highest BCUT2D eigenvalue weighted by molar-refractivity contribution is 9.10. The van der Waals surface area contributed by atoms with E-state index < -0.39 is 22.4 Å². The zero-order chi connectivity index (χ0) is 18.9. The lowest BCUT2D eigenvalue weighted by Gasteiger charge is -2.27. The van der Waals surface area contributed by atoms with Gasteiger partial charge in [-0.25, -0.2) is 0 Å². The van der Waals surface area contributed by atoms with Crippen LogP contribution in [-0.2, 0) is 13.6 Å². The lowest BCUT2D eigenvalue weighted by atomic mass is 10.1. The topological polar surface area (TPSA) is 27.7 Å². The predicted octanol–water partition coefficient (Wildman–Crippen LogP) is 6.25. The number of ether oxygens (including phenoxy) is 1. The lowest BCUT2D eigenvalue weighted by molar-refractivity contribution is -0.114. The average Bonchev–Trinajstić information content (AvgIpc) is 3.07. The van der Waals surface area contributed by atoms with Crippen molar-refractivity contribution in [3.05, 3.63) is 40.4 Å². The fraction of sp³-hybridized carbons (Fsp3) is 0.579. The number of hydrogen-bond acceptors (Lipinski definition) is 3. The Kier molecular flexibility index (Phi) is 6.42. The molecule has 140 valence electrons. The van der Waals surface area contributed by atoms with E-state index in [1.807, 2.05) is 6.92 Å². The Hall–Kier alpha value is -0.406. The third-order valence-electron chi connectivity index (χ3n) is 3.67. The maximum absolute atomic E-state index is 6.40. The molecule has 3 nitrogen and oxygen atoms in total. The Morgan fingerprint density at radius 1 is 1.12 bits per heavy atom. The van der Waals surface area contributed by atoms with Gasteiger partial charge in [0.05, 0.1) is 0 Å². The summed E-state index contributed by atoms with van der Waals surface area (Å²) in [6, 6.07) is 8.30. The number of halogens is 1. The van der Waals surface area contributed by atoms with Crippen molar-refractivity contribution in [1.29, 1.82) is 0 Å². The van der Waals surface area contributed by atoms with Gasteiger partial charge in [0, 0.05) is 29.0 Å². The minimum Gasteiger partial charge on any atom is -0.544 e. The smallest absolute Gasteiger partial charge is 0.242 e. The van der Waals surface area contributed by atoms with Gasteiger partial charge in [0.2, 0.25) is 8.32 Å². The van der Waals surface area contributed by atoms with Crippen LogP contribution in [0.4, 0.5) is 0 Å². The van der Waals surface area contributed by atoms with Crippen molar-refractivity contribution in [2.24, 2.45) is 5.92 Å². The second kappa shape index (κ2) is 7.68. The van der Waals surface area contributed by atoms with E-state index in [1.54, 1.807) is 0 Å². The average molecular weight is 444 g/mol. The molecular formula is C19H31BrO3Si2. The SMILES string of the molecule is CCOC1(O[Si](C)(C)C)CC1/C=C(\O[Si](C)(C)C)c1ccc(Br)cc1. The largest absolute Gasteiger partial charge is 0.544 e. The van der Waals surface area contributed by atoms with Crippen LogP contribution in [0.1, 0.15) is 18.9 Å². The molecule has 1 fully saturated rings. The van der Waals surface area contributed by atoms with Crippen LogP contribution in [0.5, 0.6) is 0 Å². The van der Waals surface area contributed by atoms with Gasteiger partial charge in [0.15, 0.2) is 14.1 Å². The van der Waals surface area contributed by atoms with Gasteiger partial charge < -0.3 is 13.6 Å². The molecule has 2 rings (SSSR count). The van der Waals surface area contributed by atoms with Crippen LogP contribution in [0, 0.1) is 5.92 Å². The summed E-state index contributed by atoms with van der Waals surface area (Å²) in [5, 5.41) is 0. The first-order chi connectivity index (χ1) is 11.4. The molecule has 0 bridgehead atoms. The molecule has 0 amide bonds. The van der Waals surface area contributed by atoms with E-state index in [4.69, 9.17) is 13.6 Å². The Morgan fingerprint density at radius 3 is 2.20 bits per heavy atom. The van der Waals surface area contributed by atoms with Crippen LogP contribution >= 0.6 is 15.9 Å². The Morgan fingerprint density at radius 2 is 1.72 bits per heavy atom. The third kappa shape index (κ3) is 6.36. The molecule has 0 saturated heterocycles. The molecule has 1 saturated carbocycles.